The first-order valence-corrected chi connectivity index (χ1v) is 8.88. The highest BCUT2D eigenvalue weighted by Gasteiger charge is 2.30. The van der Waals surface area contributed by atoms with Crippen LogP contribution in [0, 0.1) is 16.0 Å². The van der Waals surface area contributed by atoms with Gasteiger partial charge in [0.05, 0.1) is 15.7 Å². The fourth-order valence-electron chi connectivity index (χ4n) is 2.85. The molecule has 1 atom stereocenters. The number of hydrogen-bond acceptors (Lipinski definition) is 5. The maximum Gasteiger partial charge on any atom is 0.367 e. The highest BCUT2D eigenvalue weighted by atomic mass is 32.2. The Balaban J connectivity index is 1.56. The molecule has 1 fully saturated rings. The number of urea groups is 1. The van der Waals surface area contributed by atoms with Crippen molar-refractivity contribution in [3.05, 3.63) is 34.4 Å². The van der Waals surface area contributed by atoms with Crippen LogP contribution in [0.15, 0.2) is 34.3 Å². The maximum absolute atomic E-state index is 12.1. The van der Waals surface area contributed by atoms with E-state index in [9.17, 15) is 19.7 Å². The summed E-state index contributed by atoms with van der Waals surface area (Å²) in [6, 6.07) is 5.13. The number of aliphatic imine (C=N–C) groups is 2. The molecule has 0 radical (unpaired) electrons. The Kier molecular flexibility index (Phi) is 5.22. The van der Waals surface area contributed by atoms with Crippen LogP contribution < -0.4 is 5.32 Å². The molecule has 9 heteroatoms. The maximum atomic E-state index is 12.1. The third kappa shape index (κ3) is 4.30. The van der Waals surface area contributed by atoms with Crippen molar-refractivity contribution >= 4 is 45.8 Å². The van der Waals surface area contributed by atoms with Gasteiger partial charge in [0.25, 0.3) is 5.69 Å². The number of thioether (sulfide) groups is 1. The fourth-order valence-corrected chi connectivity index (χ4v) is 3.80. The molecular weight excluding hydrogens is 344 g/mol. The largest absolute Gasteiger partial charge is 0.367 e. The predicted molar refractivity (Wildman–Crippen MR) is 96.4 cm³/mol. The first-order chi connectivity index (χ1) is 12.0. The normalized spacial score (nSPS) is 19.5. The minimum Gasteiger partial charge on any atom is -0.325 e. The number of fused-ring (bicyclic) bond motifs is 1. The van der Waals surface area contributed by atoms with Crippen LogP contribution in [0.4, 0.5) is 16.2 Å². The molecular formula is C16H16N4O4S. The average molecular weight is 360 g/mol. The van der Waals surface area contributed by atoms with Crippen LogP contribution in [0.2, 0.25) is 0 Å². The van der Waals surface area contributed by atoms with Crippen LogP contribution in [-0.4, -0.2) is 33.4 Å². The highest BCUT2D eigenvalue weighted by molar-refractivity contribution is 8.14. The quantitative estimate of drug-likeness (QED) is 0.652. The zero-order valence-electron chi connectivity index (χ0n) is 13.3. The first kappa shape index (κ1) is 17.3. The summed E-state index contributed by atoms with van der Waals surface area (Å²) in [5.74, 6) is -0.0788. The predicted octanol–water partition coefficient (Wildman–Crippen LogP) is 3.43. The van der Waals surface area contributed by atoms with Crippen LogP contribution in [0.5, 0.6) is 0 Å². The molecule has 3 amide bonds. The molecule has 0 aromatic heterocycles. The van der Waals surface area contributed by atoms with E-state index >= 15 is 0 Å². The molecule has 0 bridgehead atoms. The minimum absolute atomic E-state index is 0.0356. The molecule has 0 saturated heterocycles. The van der Waals surface area contributed by atoms with E-state index in [2.05, 4.69) is 15.3 Å². The van der Waals surface area contributed by atoms with Gasteiger partial charge >= 0.3 is 6.03 Å². The number of hydrogen-bond donors (Lipinski definition) is 1. The number of carbonyl (C=O) groups excluding carboxylic acids is 2. The van der Waals surface area contributed by atoms with E-state index in [0.29, 0.717) is 10.7 Å². The van der Waals surface area contributed by atoms with E-state index in [1.807, 2.05) is 0 Å². The summed E-state index contributed by atoms with van der Waals surface area (Å²) < 4.78 is 0. The monoisotopic (exact) mass is 360 g/mol. The number of nitrogens with zero attached hydrogens (tertiary/aromatic N) is 3. The fraction of sp³-hybridized carbons (Fsp3) is 0.375. The van der Waals surface area contributed by atoms with Crippen molar-refractivity contribution in [3.63, 3.8) is 0 Å². The van der Waals surface area contributed by atoms with E-state index in [-0.39, 0.29) is 23.3 Å². The molecule has 2 aliphatic rings. The molecule has 8 nitrogen and oxygen atoms in total. The van der Waals surface area contributed by atoms with Crippen molar-refractivity contribution in [2.45, 2.75) is 25.7 Å². The van der Waals surface area contributed by atoms with Gasteiger partial charge in [-0.3, -0.25) is 14.9 Å². The molecule has 3 rings (SSSR count). The Morgan fingerprint density at radius 1 is 1.28 bits per heavy atom. The standard InChI is InChI=1S/C16H16N4O4S/c21-14(17-10-5-7-11(8-6-10)20(23)24)9-25-15-12-3-1-2-4-13(12)18-16(22)19-15/h5-8,12H,1-4,9H2,(H,17,21). The minimum atomic E-state index is -0.497. The molecule has 25 heavy (non-hydrogen) atoms. The lowest BCUT2D eigenvalue weighted by molar-refractivity contribution is -0.384. The summed E-state index contributed by atoms with van der Waals surface area (Å²) in [6.45, 7) is 0. The van der Waals surface area contributed by atoms with Crippen LogP contribution in [0.25, 0.3) is 0 Å². The summed E-state index contributed by atoms with van der Waals surface area (Å²) in [7, 11) is 0. The van der Waals surface area contributed by atoms with Crippen LogP contribution in [0.1, 0.15) is 25.7 Å². The number of amides is 3. The second-order valence-corrected chi connectivity index (χ2v) is 6.77. The number of rotatable bonds is 4. The molecule has 1 unspecified atom stereocenters. The number of benzene rings is 1. The van der Waals surface area contributed by atoms with Gasteiger partial charge in [0, 0.05) is 29.4 Å². The van der Waals surface area contributed by atoms with Crippen molar-refractivity contribution in [2.75, 3.05) is 11.1 Å². The number of anilines is 1. The summed E-state index contributed by atoms with van der Waals surface area (Å²) >= 11 is 1.25. The van der Waals surface area contributed by atoms with Gasteiger partial charge in [-0.1, -0.05) is 18.2 Å². The Bertz CT molecular complexity index is 773. The summed E-state index contributed by atoms with van der Waals surface area (Å²) in [5.41, 5.74) is 1.33. The second kappa shape index (κ2) is 7.56. The molecule has 1 saturated carbocycles. The zero-order valence-corrected chi connectivity index (χ0v) is 14.1. The SMILES string of the molecule is O=C1N=C2CCCCC2C(SCC(=O)Nc2ccc([N+](=O)[O-])cc2)=N1. The molecule has 1 aliphatic heterocycles. The van der Waals surface area contributed by atoms with E-state index in [1.54, 1.807) is 0 Å². The summed E-state index contributed by atoms with van der Waals surface area (Å²) in [6.07, 6.45) is 3.81. The lowest BCUT2D eigenvalue weighted by Crippen LogP contribution is -2.31. The molecule has 1 aromatic carbocycles. The van der Waals surface area contributed by atoms with Gasteiger partial charge in [0.1, 0.15) is 0 Å². The van der Waals surface area contributed by atoms with Crippen LogP contribution >= 0.6 is 11.8 Å². The number of nitro groups is 1. The molecule has 1 aromatic rings. The Morgan fingerprint density at radius 3 is 2.76 bits per heavy atom. The summed E-state index contributed by atoms with van der Waals surface area (Å²) in [5, 5.41) is 14.0. The van der Waals surface area contributed by atoms with E-state index < -0.39 is 11.0 Å². The highest BCUT2D eigenvalue weighted by Crippen LogP contribution is 2.30. The van der Waals surface area contributed by atoms with Gasteiger partial charge in [-0.2, -0.15) is 4.99 Å². The lowest BCUT2D eigenvalue weighted by Gasteiger charge is -2.26. The van der Waals surface area contributed by atoms with Crippen molar-refractivity contribution in [1.82, 2.24) is 0 Å². The number of nitrogens with one attached hydrogen (secondary N) is 1. The number of non-ortho nitro benzene ring substituents is 1. The van der Waals surface area contributed by atoms with E-state index in [0.717, 1.165) is 31.4 Å². The zero-order chi connectivity index (χ0) is 17.8. The van der Waals surface area contributed by atoms with Crippen LogP contribution in [0.3, 0.4) is 0 Å². The third-order valence-corrected chi connectivity index (χ3v) is 5.11. The van der Waals surface area contributed by atoms with E-state index in [1.165, 1.54) is 36.0 Å². The van der Waals surface area contributed by atoms with Gasteiger partial charge in [-0.15, -0.1) is 0 Å². The Labute approximate surface area is 148 Å². The van der Waals surface area contributed by atoms with Gasteiger partial charge < -0.3 is 5.32 Å². The van der Waals surface area contributed by atoms with Gasteiger partial charge in [-0.25, -0.2) is 9.79 Å². The molecule has 1 aliphatic carbocycles. The average Bonchev–Trinajstić information content (AvgIpc) is 2.60. The first-order valence-electron chi connectivity index (χ1n) is 7.90. The number of carbonyl (C=O) groups is 2. The second-order valence-electron chi connectivity index (χ2n) is 5.77. The van der Waals surface area contributed by atoms with Gasteiger partial charge in [-0.05, 0) is 31.4 Å². The van der Waals surface area contributed by atoms with Crippen molar-refractivity contribution < 1.29 is 14.5 Å². The Hall–Kier alpha value is -2.55. The Morgan fingerprint density at radius 2 is 2.04 bits per heavy atom. The van der Waals surface area contributed by atoms with Crippen molar-refractivity contribution in [2.24, 2.45) is 15.9 Å². The smallest absolute Gasteiger partial charge is 0.325 e. The van der Waals surface area contributed by atoms with Crippen molar-refractivity contribution in [1.29, 1.82) is 0 Å². The third-order valence-electron chi connectivity index (χ3n) is 4.03. The van der Waals surface area contributed by atoms with E-state index in [4.69, 9.17) is 0 Å². The molecule has 0 spiro atoms. The molecule has 1 heterocycles. The van der Waals surface area contributed by atoms with Gasteiger partial charge in [0.15, 0.2) is 0 Å². The molecule has 1 N–H and O–H groups in total. The topological polar surface area (TPSA) is 114 Å². The lowest BCUT2D eigenvalue weighted by atomic mass is 9.87. The van der Waals surface area contributed by atoms with Crippen molar-refractivity contribution in [3.8, 4) is 0 Å². The van der Waals surface area contributed by atoms with Gasteiger partial charge in [0.2, 0.25) is 5.91 Å². The number of nitro benzene ring substituents is 1. The molecule has 130 valence electrons. The van der Waals surface area contributed by atoms with Crippen LogP contribution in [-0.2, 0) is 4.79 Å². The summed E-state index contributed by atoms with van der Waals surface area (Å²) in [4.78, 5) is 41.8.